The molecule has 1 fully saturated rings. The van der Waals surface area contributed by atoms with Crippen LogP contribution >= 0.6 is 24.0 Å². The predicted molar refractivity (Wildman–Crippen MR) is 115 cm³/mol. The Morgan fingerprint density at radius 3 is 2.88 bits per heavy atom. The fraction of sp³-hybridized carbons (Fsp3) is 0.778. The third-order valence-corrected chi connectivity index (χ3v) is 4.22. The lowest BCUT2D eigenvalue weighted by Crippen LogP contribution is -2.38. The summed E-state index contributed by atoms with van der Waals surface area (Å²) in [6.07, 6.45) is 8.09. The monoisotopic (exact) mass is 479 g/mol. The molecule has 0 aromatic carbocycles. The summed E-state index contributed by atoms with van der Waals surface area (Å²) in [6, 6.07) is 0. The third kappa shape index (κ3) is 9.72. The summed E-state index contributed by atoms with van der Waals surface area (Å²) in [6.45, 7) is 7.96. The second kappa shape index (κ2) is 14.2. The maximum atomic E-state index is 5.78. The fourth-order valence-electron chi connectivity index (χ4n) is 2.79. The van der Waals surface area contributed by atoms with Gasteiger partial charge in [0.25, 0.3) is 0 Å². The molecule has 1 saturated heterocycles. The lowest BCUT2D eigenvalue weighted by atomic mass is 10.0. The maximum absolute atomic E-state index is 5.78. The van der Waals surface area contributed by atoms with Crippen LogP contribution in [0.2, 0.25) is 0 Å². The number of hydrogen-bond acceptors (Lipinski definition) is 4. The van der Waals surface area contributed by atoms with Crippen LogP contribution in [0.25, 0.3) is 0 Å². The average molecular weight is 479 g/mol. The summed E-state index contributed by atoms with van der Waals surface area (Å²) >= 11 is 0. The van der Waals surface area contributed by atoms with Gasteiger partial charge in [0.1, 0.15) is 0 Å². The molecule has 1 aromatic heterocycles. The van der Waals surface area contributed by atoms with E-state index in [4.69, 9.17) is 9.47 Å². The first-order chi connectivity index (χ1) is 12.3. The number of ether oxygens (including phenoxy) is 2. The van der Waals surface area contributed by atoms with Crippen LogP contribution in [0.1, 0.15) is 31.7 Å². The van der Waals surface area contributed by atoms with Crippen LogP contribution in [0, 0.1) is 5.92 Å². The lowest BCUT2D eigenvalue weighted by molar-refractivity contribution is 0.0205. The molecule has 0 atom stereocenters. The number of rotatable bonds is 10. The van der Waals surface area contributed by atoms with Crippen LogP contribution in [0.5, 0.6) is 0 Å². The van der Waals surface area contributed by atoms with E-state index in [1.807, 2.05) is 24.1 Å². The van der Waals surface area contributed by atoms with Gasteiger partial charge in [-0.25, -0.2) is 0 Å². The highest BCUT2D eigenvalue weighted by Crippen LogP contribution is 2.14. The number of aromatic nitrogens is 2. The molecule has 26 heavy (non-hydrogen) atoms. The van der Waals surface area contributed by atoms with Gasteiger partial charge >= 0.3 is 0 Å². The van der Waals surface area contributed by atoms with Crippen LogP contribution in [0.4, 0.5) is 0 Å². The van der Waals surface area contributed by atoms with Gasteiger partial charge in [0, 0.05) is 59.3 Å². The van der Waals surface area contributed by atoms with Gasteiger partial charge in [-0.05, 0) is 44.1 Å². The molecule has 1 aliphatic heterocycles. The van der Waals surface area contributed by atoms with Crippen LogP contribution in [-0.4, -0.2) is 61.8 Å². The Morgan fingerprint density at radius 1 is 1.38 bits per heavy atom. The van der Waals surface area contributed by atoms with Crippen molar-refractivity contribution < 1.29 is 9.47 Å². The summed E-state index contributed by atoms with van der Waals surface area (Å²) in [4.78, 5) is 4.61. The van der Waals surface area contributed by atoms with E-state index in [2.05, 4.69) is 27.6 Å². The van der Waals surface area contributed by atoms with E-state index in [9.17, 15) is 0 Å². The van der Waals surface area contributed by atoms with E-state index in [0.29, 0.717) is 5.92 Å². The van der Waals surface area contributed by atoms with Gasteiger partial charge in [-0.2, -0.15) is 5.10 Å². The topological polar surface area (TPSA) is 72.7 Å². The SMILES string of the molecule is CCNC(=NCCCOCC1CCOCC1)NCCc1cnn(C)c1.I. The van der Waals surface area contributed by atoms with Gasteiger partial charge in [0.2, 0.25) is 0 Å². The molecule has 0 unspecified atom stereocenters. The van der Waals surface area contributed by atoms with Crippen molar-refractivity contribution in [1.82, 2.24) is 20.4 Å². The fourth-order valence-corrected chi connectivity index (χ4v) is 2.79. The van der Waals surface area contributed by atoms with Crippen molar-refractivity contribution in [3.63, 3.8) is 0 Å². The molecule has 0 spiro atoms. The standard InChI is InChI=1S/C18H33N5O2.HI/c1-3-19-18(21-9-5-17-13-22-23(2)14-17)20-8-4-10-25-15-16-6-11-24-12-7-16;/h13-14,16H,3-12,15H2,1-2H3,(H2,19,20,21);1H. The number of guanidine groups is 1. The minimum absolute atomic E-state index is 0. The van der Waals surface area contributed by atoms with E-state index in [1.165, 1.54) is 5.56 Å². The van der Waals surface area contributed by atoms with Gasteiger partial charge in [0.05, 0.1) is 6.20 Å². The first-order valence-electron chi connectivity index (χ1n) is 9.43. The predicted octanol–water partition coefficient (Wildman–Crippen LogP) is 1.97. The summed E-state index contributed by atoms with van der Waals surface area (Å²) in [5, 5.41) is 10.8. The summed E-state index contributed by atoms with van der Waals surface area (Å²) in [5.41, 5.74) is 1.23. The van der Waals surface area contributed by atoms with Gasteiger partial charge in [-0.1, -0.05) is 0 Å². The van der Waals surface area contributed by atoms with E-state index in [1.54, 1.807) is 0 Å². The Labute approximate surface area is 174 Å². The molecule has 1 aromatic rings. The first-order valence-corrected chi connectivity index (χ1v) is 9.43. The van der Waals surface area contributed by atoms with Crippen LogP contribution < -0.4 is 10.6 Å². The number of aliphatic imine (C=N–C) groups is 1. The Bertz CT molecular complexity index is 504. The molecule has 0 radical (unpaired) electrons. The molecule has 0 amide bonds. The molecule has 8 heteroatoms. The van der Waals surface area contributed by atoms with Crippen molar-refractivity contribution in [2.45, 2.75) is 32.6 Å². The summed E-state index contributed by atoms with van der Waals surface area (Å²) in [5.74, 6) is 1.54. The zero-order valence-electron chi connectivity index (χ0n) is 16.1. The van der Waals surface area contributed by atoms with Gasteiger partial charge in [0.15, 0.2) is 5.96 Å². The van der Waals surface area contributed by atoms with Crippen molar-refractivity contribution in [1.29, 1.82) is 0 Å². The average Bonchev–Trinajstić information content (AvgIpc) is 3.04. The minimum atomic E-state index is 0. The third-order valence-electron chi connectivity index (χ3n) is 4.22. The summed E-state index contributed by atoms with van der Waals surface area (Å²) in [7, 11) is 1.94. The molecular weight excluding hydrogens is 445 g/mol. The van der Waals surface area contributed by atoms with Gasteiger partial charge in [-0.15, -0.1) is 24.0 Å². The largest absolute Gasteiger partial charge is 0.381 e. The molecule has 0 bridgehead atoms. The van der Waals surface area contributed by atoms with Gasteiger partial charge < -0.3 is 20.1 Å². The zero-order chi connectivity index (χ0) is 17.7. The van der Waals surface area contributed by atoms with Gasteiger partial charge in [-0.3, -0.25) is 9.67 Å². The van der Waals surface area contributed by atoms with Crippen molar-refractivity contribution in [3.05, 3.63) is 18.0 Å². The van der Waals surface area contributed by atoms with E-state index >= 15 is 0 Å². The van der Waals surface area contributed by atoms with Crippen molar-refractivity contribution >= 4 is 29.9 Å². The van der Waals surface area contributed by atoms with Crippen LogP contribution in [0.15, 0.2) is 17.4 Å². The molecule has 2 rings (SSSR count). The quantitative estimate of drug-likeness (QED) is 0.233. The van der Waals surface area contributed by atoms with Crippen molar-refractivity contribution in [2.75, 3.05) is 46.1 Å². The zero-order valence-corrected chi connectivity index (χ0v) is 18.4. The normalized spacial score (nSPS) is 15.5. The number of aryl methyl sites for hydroxylation is 1. The molecule has 150 valence electrons. The number of nitrogens with zero attached hydrogens (tertiary/aromatic N) is 3. The first kappa shape index (κ1) is 23.2. The Hall–Kier alpha value is -0.870. The summed E-state index contributed by atoms with van der Waals surface area (Å²) < 4.78 is 13.0. The number of halogens is 1. The second-order valence-corrected chi connectivity index (χ2v) is 6.44. The smallest absolute Gasteiger partial charge is 0.191 e. The Balaban J connectivity index is 0.00000338. The highest BCUT2D eigenvalue weighted by atomic mass is 127. The highest BCUT2D eigenvalue weighted by molar-refractivity contribution is 14.0. The molecule has 0 aliphatic carbocycles. The van der Waals surface area contributed by atoms with Crippen LogP contribution in [-0.2, 0) is 22.9 Å². The Morgan fingerprint density at radius 2 is 2.19 bits per heavy atom. The lowest BCUT2D eigenvalue weighted by Gasteiger charge is -2.21. The molecular formula is C18H34IN5O2. The maximum Gasteiger partial charge on any atom is 0.191 e. The minimum Gasteiger partial charge on any atom is -0.381 e. The molecule has 1 aliphatic rings. The van der Waals surface area contributed by atoms with Crippen LogP contribution in [0.3, 0.4) is 0 Å². The molecule has 2 heterocycles. The van der Waals surface area contributed by atoms with Crippen molar-refractivity contribution in [3.8, 4) is 0 Å². The number of nitrogens with one attached hydrogen (secondary N) is 2. The molecule has 2 N–H and O–H groups in total. The van der Waals surface area contributed by atoms with E-state index in [0.717, 1.165) is 77.7 Å². The Kier molecular flexibility index (Phi) is 12.7. The molecule has 0 saturated carbocycles. The van der Waals surface area contributed by atoms with E-state index < -0.39 is 0 Å². The van der Waals surface area contributed by atoms with E-state index in [-0.39, 0.29) is 24.0 Å². The highest BCUT2D eigenvalue weighted by Gasteiger charge is 2.13. The van der Waals surface area contributed by atoms with Crippen molar-refractivity contribution in [2.24, 2.45) is 18.0 Å². The second-order valence-electron chi connectivity index (χ2n) is 6.44. The number of hydrogen-bond donors (Lipinski definition) is 2. The molecule has 7 nitrogen and oxygen atoms in total.